The summed E-state index contributed by atoms with van der Waals surface area (Å²) in [6, 6.07) is 20.6. The van der Waals surface area contributed by atoms with Gasteiger partial charge in [-0.05, 0) is 53.6 Å². The van der Waals surface area contributed by atoms with Crippen LogP contribution >= 0.6 is 0 Å². The molecule has 1 N–H and O–H groups in total. The molecule has 0 saturated carbocycles. The van der Waals surface area contributed by atoms with E-state index in [0.717, 1.165) is 9.13 Å². The molecule has 12 nitrogen and oxygen atoms in total. The average molecular weight is 577 g/mol. The Morgan fingerprint density at radius 1 is 0.721 bits per heavy atom. The van der Waals surface area contributed by atoms with Crippen LogP contribution in [-0.2, 0) is 19.5 Å². The van der Waals surface area contributed by atoms with Crippen LogP contribution in [0, 0.1) is 0 Å². The van der Waals surface area contributed by atoms with Crippen LogP contribution in [0.25, 0.3) is 11.4 Å². The lowest BCUT2D eigenvalue weighted by molar-refractivity contribution is 0.240. The first-order valence-corrected chi connectivity index (χ1v) is 13.8. The number of aromatic hydroxyl groups is 1. The number of ether oxygens (including phenoxy) is 1. The van der Waals surface area contributed by atoms with Crippen LogP contribution in [-0.4, -0.2) is 33.0 Å². The van der Waals surface area contributed by atoms with Crippen LogP contribution in [0.3, 0.4) is 0 Å². The van der Waals surface area contributed by atoms with Crippen molar-refractivity contribution >= 4 is 0 Å². The molecule has 0 bridgehead atoms. The number of rotatable bonds is 3. The number of allylic oxidation sites excluding steroid dienone is 3. The molecule has 0 radical (unpaired) electrons. The first-order chi connectivity index (χ1) is 20.9. The van der Waals surface area contributed by atoms with E-state index in [1.807, 2.05) is 6.08 Å². The van der Waals surface area contributed by atoms with Crippen LogP contribution in [0.4, 0.5) is 0 Å². The van der Waals surface area contributed by atoms with Gasteiger partial charge in [0.25, 0.3) is 0 Å². The summed E-state index contributed by atoms with van der Waals surface area (Å²) in [5, 5.41) is 10.1. The molecule has 12 heteroatoms. The predicted molar refractivity (Wildman–Crippen MR) is 155 cm³/mol. The molecule has 0 fully saturated rings. The predicted octanol–water partition coefficient (Wildman–Crippen LogP) is 1.88. The van der Waals surface area contributed by atoms with E-state index in [1.54, 1.807) is 79.1 Å². The SMILES string of the molecule is O=c1n(-c2ccccc2)c(=O)n2n1C[C@@H]1C(=CCn3c(=O)n(-c4ccccc4)c(=O)n31)[C@@H]2C1=COc2ccc(O)cc2C1. The maximum atomic E-state index is 14.1. The van der Waals surface area contributed by atoms with Gasteiger partial charge in [0.2, 0.25) is 0 Å². The molecule has 0 spiro atoms. The van der Waals surface area contributed by atoms with Crippen molar-refractivity contribution in [3.05, 3.63) is 150 Å². The number of fused-ring (bicyclic) bond motifs is 5. The minimum atomic E-state index is -0.796. The molecule has 8 rings (SSSR count). The standard InChI is InChI=1S/C31H24N6O6/c38-23-11-12-26-19(16-23)15-20(18-43-26)27-24-13-14-32-28(39)34(21-7-3-1-4-8-21)30(41)36(32)25(24)17-33-29(40)35(31(42)37(27)33)22-9-5-2-6-10-22/h1-13,16,18,25,27,38H,14-15,17H2/t25-,27+/m1/s1. The Hall–Kier alpha value is -5.78. The van der Waals surface area contributed by atoms with E-state index in [9.17, 15) is 24.3 Å². The van der Waals surface area contributed by atoms with Crippen LogP contribution in [0.5, 0.6) is 11.5 Å². The van der Waals surface area contributed by atoms with Crippen molar-refractivity contribution < 1.29 is 9.84 Å². The normalized spacial score (nSPS) is 18.4. The Balaban J connectivity index is 1.35. The highest BCUT2D eigenvalue weighted by Crippen LogP contribution is 2.42. The second kappa shape index (κ2) is 9.11. The Labute approximate surface area is 242 Å². The molecule has 3 aromatic carbocycles. The maximum absolute atomic E-state index is 14.1. The summed E-state index contributed by atoms with van der Waals surface area (Å²) in [4.78, 5) is 55.4. The number of phenolic OH excluding ortho intramolecular Hbond substituents is 1. The van der Waals surface area contributed by atoms with Gasteiger partial charge in [-0.15, -0.1) is 0 Å². The molecule has 5 aromatic rings. The highest BCUT2D eigenvalue weighted by Gasteiger charge is 2.43. The van der Waals surface area contributed by atoms with Crippen molar-refractivity contribution in [2.75, 3.05) is 0 Å². The van der Waals surface area contributed by atoms with Gasteiger partial charge in [0, 0.05) is 12.0 Å². The quantitative estimate of drug-likeness (QED) is 0.327. The number of hydrogen-bond acceptors (Lipinski definition) is 6. The fraction of sp³-hybridized carbons (Fsp3) is 0.161. The third-order valence-corrected chi connectivity index (χ3v) is 8.36. The highest BCUT2D eigenvalue weighted by molar-refractivity contribution is 5.46. The fourth-order valence-electron chi connectivity index (χ4n) is 6.47. The van der Waals surface area contributed by atoms with Crippen molar-refractivity contribution in [1.82, 2.24) is 27.9 Å². The molecule has 2 atom stereocenters. The zero-order valence-electron chi connectivity index (χ0n) is 22.6. The van der Waals surface area contributed by atoms with Gasteiger partial charge in [0.15, 0.2) is 0 Å². The number of hydrogen-bond donors (Lipinski definition) is 1. The lowest BCUT2D eigenvalue weighted by Gasteiger charge is -2.39. The summed E-state index contributed by atoms with van der Waals surface area (Å²) in [7, 11) is 0. The first kappa shape index (κ1) is 25.0. The van der Waals surface area contributed by atoms with E-state index in [0.29, 0.717) is 40.3 Å². The lowest BCUT2D eigenvalue weighted by atomic mass is 9.87. The number of nitrogens with zero attached hydrogens (tertiary/aromatic N) is 6. The molecule has 0 unspecified atom stereocenters. The molecule has 0 saturated heterocycles. The largest absolute Gasteiger partial charge is 0.508 e. The molecule has 0 amide bonds. The van der Waals surface area contributed by atoms with Gasteiger partial charge in [-0.1, -0.05) is 42.5 Å². The van der Waals surface area contributed by atoms with E-state index in [-0.39, 0.29) is 18.8 Å². The summed E-state index contributed by atoms with van der Waals surface area (Å²) in [6.07, 6.45) is 3.74. The van der Waals surface area contributed by atoms with Crippen molar-refractivity contribution in [2.24, 2.45) is 0 Å². The van der Waals surface area contributed by atoms with Gasteiger partial charge in [0.1, 0.15) is 17.5 Å². The summed E-state index contributed by atoms with van der Waals surface area (Å²) < 4.78 is 13.7. The minimum absolute atomic E-state index is 0.0418. The Morgan fingerprint density at radius 3 is 2.02 bits per heavy atom. The van der Waals surface area contributed by atoms with E-state index < -0.39 is 34.8 Å². The van der Waals surface area contributed by atoms with E-state index >= 15 is 0 Å². The number of benzene rings is 3. The zero-order chi connectivity index (χ0) is 29.4. The third kappa shape index (κ3) is 3.56. The second-order valence-electron chi connectivity index (χ2n) is 10.7. The molecule has 2 aromatic heterocycles. The Kier molecular flexibility index (Phi) is 5.29. The molecular weight excluding hydrogens is 552 g/mol. The molecule has 43 heavy (non-hydrogen) atoms. The lowest BCUT2D eigenvalue weighted by Crippen LogP contribution is -2.47. The Morgan fingerprint density at radius 2 is 1.35 bits per heavy atom. The summed E-state index contributed by atoms with van der Waals surface area (Å²) in [6.45, 7) is 0.0556. The van der Waals surface area contributed by atoms with E-state index in [1.165, 1.54) is 24.8 Å². The fourth-order valence-corrected chi connectivity index (χ4v) is 6.47. The molecule has 214 valence electrons. The van der Waals surface area contributed by atoms with Crippen molar-refractivity contribution in [2.45, 2.75) is 31.6 Å². The highest BCUT2D eigenvalue weighted by atomic mass is 16.5. The van der Waals surface area contributed by atoms with Crippen LogP contribution in [0.1, 0.15) is 17.6 Å². The van der Waals surface area contributed by atoms with Gasteiger partial charge in [0.05, 0.1) is 36.8 Å². The van der Waals surface area contributed by atoms with Gasteiger partial charge in [-0.2, -0.15) is 0 Å². The van der Waals surface area contributed by atoms with Gasteiger partial charge in [-0.3, -0.25) is 0 Å². The maximum Gasteiger partial charge on any atom is 0.352 e. The third-order valence-electron chi connectivity index (χ3n) is 8.36. The van der Waals surface area contributed by atoms with Crippen LogP contribution in [0.2, 0.25) is 0 Å². The first-order valence-electron chi connectivity index (χ1n) is 13.8. The monoisotopic (exact) mass is 576 g/mol. The minimum Gasteiger partial charge on any atom is -0.508 e. The average Bonchev–Trinajstić information content (AvgIpc) is 3.44. The summed E-state index contributed by atoms with van der Waals surface area (Å²) in [5.41, 5.74) is 0.766. The van der Waals surface area contributed by atoms with Gasteiger partial charge >= 0.3 is 22.8 Å². The zero-order valence-corrected chi connectivity index (χ0v) is 22.6. The number of phenols is 1. The number of para-hydroxylation sites is 2. The summed E-state index contributed by atoms with van der Waals surface area (Å²) in [5.74, 6) is 0.646. The van der Waals surface area contributed by atoms with E-state index in [4.69, 9.17) is 4.74 Å². The van der Waals surface area contributed by atoms with Crippen LogP contribution < -0.4 is 27.5 Å². The van der Waals surface area contributed by atoms with Crippen molar-refractivity contribution in [3.8, 4) is 22.9 Å². The van der Waals surface area contributed by atoms with Gasteiger partial charge < -0.3 is 9.84 Å². The Bertz CT molecular complexity index is 2240. The molecule has 3 aliphatic rings. The molecule has 0 aliphatic carbocycles. The molecular formula is C31H24N6O6. The molecule has 5 heterocycles. The second-order valence-corrected chi connectivity index (χ2v) is 10.7. The van der Waals surface area contributed by atoms with Crippen molar-refractivity contribution in [1.29, 1.82) is 0 Å². The summed E-state index contributed by atoms with van der Waals surface area (Å²) >= 11 is 0. The van der Waals surface area contributed by atoms with Gasteiger partial charge in [-0.25, -0.2) is 47.0 Å². The van der Waals surface area contributed by atoms with Crippen molar-refractivity contribution in [3.63, 3.8) is 0 Å². The van der Waals surface area contributed by atoms with E-state index in [2.05, 4.69) is 0 Å². The smallest absolute Gasteiger partial charge is 0.352 e. The topological polar surface area (TPSA) is 127 Å². The van der Waals surface area contributed by atoms with Crippen LogP contribution in [0.15, 0.2) is 122 Å². The molecule has 3 aliphatic heterocycles. The number of aromatic nitrogens is 6.